The van der Waals surface area contributed by atoms with E-state index >= 15 is 0 Å². The first kappa shape index (κ1) is 10.6. The summed E-state index contributed by atoms with van der Waals surface area (Å²) in [5.41, 5.74) is 9.18. The van der Waals surface area contributed by atoms with E-state index in [-0.39, 0.29) is 11.8 Å². The first-order valence-corrected chi connectivity index (χ1v) is 3.83. The zero-order valence-corrected chi connectivity index (χ0v) is 7.36. The van der Waals surface area contributed by atoms with Gasteiger partial charge in [-0.2, -0.15) is 10.5 Å². The van der Waals surface area contributed by atoms with Crippen LogP contribution in [0.25, 0.3) is 5.53 Å². The number of hydrogen-bond donors (Lipinski definition) is 0. The van der Waals surface area contributed by atoms with Crippen molar-refractivity contribution in [3.63, 3.8) is 0 Å². The molecule has 2 atom stereocenters. The van der Waals surface area contributed by atoms with Crippen LogP contribution in [0.5, 0.6) is 0 Å². The molecule has 0 spiro atoms. The molecule has 0 aromatic carbocycles. The van der Waals surface area contributed by atoms with E-state index in [4.69, 9.17) is 10.5 Å². The van der Waals surface area contributed by atoms with Crippen LogP contribution in [0.1, 0.15) is 13.8 Å². The molecule has 2 unspecified atom stereocenters. The van der Waals surface area contributed by atoms with E-state index < -0.39 is 0 Å². The molecule has 12 heavy (non-hydrogen) atoms. The molecule has 0 rings (SSSR count). The van der Waals surface area contributed by atoms with E-state index in [1.165, 1.54) is 0 Å². The van der Waals surface area contributed by atoms with Crippen LogP contribution in [0.15, 0.2) is 0 Å². The van der Waals surface area contributed by atoms with Crippen molar-refractivity contribution in [2.45, 2.75) is 13.8 Å². The summed E-state index contributed by atoms with van der Waals surface area (Å²) in [5, 5.41) is 16.8. The number of nitriles is 2. The monoisotopic (exact) mass is 164 g/mol. The van der Waals surface area contributed by atoms with Crippen molar-refractivity contribution in [2.24, 2.45) is 11.8 Å². The lowest BCUT2D eigenvalue weighted by molar-refractivity contribution is -0.557. The lowest BCUT2D eigenvalue weighted by Gasteiger charge is -2.08. The molecule has 0 amide bonds. The highest BCUT2D eigenvalue weighted by molar-refractivity contribution is 4.79. The van der Waals surface area contributed by atoms with E-state index in [0.29, 0.717) is 13.1 Å². The zero-order chi connectivity index (χ0) is 9.56. The second-order valence-corrected chi connectivity index (χ2v) is 2.93. The molecule has 0 fully saturated rings. The van der Waals surface area contributed by atoms with Crippen LogP contribution in [-0.2, 0) is 0 Å². The molecule has 0 aliphatic heterocycles. The number of nitrogens with zero attached hydrogens (tertiary/aromatic N) is 4. The van der Waals surface area contributed by atoms with Gasteiger partial charge in [0.05, 0.1) is 12.1 Å². The molecule has 0 N–H and O–H groups in total. The topological polar surface area (TPSA) is 72.9 Å². The Balaban J connectivity index is 3.78. The fourth-order valence-electron chi connectivity index (χ4n) is 0.788. The Kier molecular flexibility index (Phi) is 4.64. The van der Waals surface area contributed by atoms with Gasteiger partial charge in [-0.1, -0.05) is 0 Å². The van der Waals surface area contributed by atoms with Crippen LogP contribution in [-0.4, -0.2) is 17.8 Å². The van der Waals surface area contributed by atoms with Crippen LogP contribution < -0.4 is 0 Å². The third-order valence-electron chi connectivity index (χ3n) is 1.41. The standard InChI is InChI=1S/C8H12N4/c1-7(3-9)5-12(11)6-8(2)4-10/h7-8H,5-6H2,1-2H3. The minimum Gasteiger partial charge on any atom is -0.507 e. The second-order valence-electron chi connectivity index (χ2n) is 2.93. The maximum atomic E-state index is 9.18. The molecule has 64 valence electrons. The van der Waals surface area contributed by atoms with Gasteiger partial charge in [-0.05, 0) is 13.8 Å². The van der Waals surface area contributed by atoms with Gasteiger partial charge in [-0.3, -0.25) is 0 Å². The molecule has 0 aliphatic rings. The van der Waals surface area contributed by atoms with E-state index in [9.17, 15) is 5.53 Å². The Hall–Kier alpha value is -1.42. The Morgan fingerprint density at radius 1 is 1.17 bits per heavy atom. The highest BCUT2D eigenvalue weighted by Crippen LogP contribution is 1.97. The molecule has 4 heteroatoms. The smallest absolute Gasteiger partial charge is 0.146 e. The largest absolute Gasteiger partial charge is 0.507 e. The van der Waals surface area contributed by atoms with E-state index in [0.717, 1.165) is 4.70 Å². The van der Waals surface area contributed by atoms with Gasteiger partial charge in [-0.15, -0.1) is 0 Å². The first-order chi connectivity index (χ1) is 5.60. The van der Waals surface area contributed by atoms with Crippen LogP contribution in [0, 0.1) is 34.5 Å². The fourth-order valence-corrected chi connectivity index (χ4v) is 0.788. The molecule has 0 saturated heterocycles. The Bertz CT molecular complexity index is 208. The summed E-state index contributed by atoms with van der Waals surface area (Å²) in [4.78, 5) is 0. The predicted molar refractivity (Wildman–Crippen MR) is 42.9 cm³/mol. The maximum Gasteiger partial charge on any atom is 0.146 e. The van der Waals surface area contributed by atoms with Crippen molar-refractivity contribution in [2.75, 3.05) is 13.1 Å². The molecule has 0 heterocycles. The Morgan fingerprint density at radius 2 is 1.50 bits per heavy atom. The van der Waals surface area contributed by atoms with E-state index in [2.05, 4.69) is 0 Å². The summed E-state index contributed by atoms with van der Waals surface area (Å²) in [5.74, 6) is -0.415. The lowest BCUT2D eigenvalue weighted by Crippen LogP contribution is -2.19. The van der Waals surface area contributed by atoms with Crippen LogP contribution in [0.3, 0.4) is 0 Å². The van der Waals surface area contributed by atoms with Crippen LogP contribution in [0.2, 0.25) is 0 Å². The fraction of sp³-hybridized carbons (Fsp3) is 0.750. The van der Waals surface area contributed by atoms with Crippen molar-refractivity contribution in [1.82, 2.24) is 0 Å². The van der Waals surface area contributed by atoms with Crippen molar-refractivity contribution >= 4 is 0 Å². The van der Waals surface area contributed by atoms with Gasteiger partial charge in [0.25, 0.3) is 0 Å². The van der Waals surface area contributed by atoms with Crippen molar-refractivity contribution in [1.29, 1.82) is 10.5 Å². The Morgan fingerprint density at radius 3 is 1.75 bits per heavy atom. The molecular formula is C8H12N4. The average Bonchev–Trinajstić information content (AvgIpc) is 2.03. The number of rotatable bonds is 4. The lowest BCUT2D eigenvalue weighted by atomic mass is 10.2. The normalized spacial score (nSPS) is 14.0. The molecule has 0 radical (unpaired) electrons. The first-order valence-electron chi connectivity index (χ1n) is 3.83. The van der Waals surface area contributed by atoms with Gasteiger partial charge in [0.15, 0.2) is 0 Å². The minimum absolute atomic E-state index is 0.208. The Labute approximate surface area is 72.5 Å². The van der Waals surface area contributed by atoms with Gasteiger partial charge in [0.1, 0.15) is 24.9 Å². The van der Waals surface area contributed by atoms with Gasteiger partial charge >= 0.3 is 0 Å². The van der Waals surface area contributed by atoms with Gasteiger partial charge in [0.2, 0.25) is 0 Å². The molecule has 4 nitrogen and oxygen atoms in total. The summed E-state index contributed by atoms with van der Waals surface area (Å²) in [6.07, 6.45) is 0. The summed E-state index contributed by atoms with van der Waals surface area (Å²) in [7, 11) is 0. The zero-order valence-electron chi connectivity index (χ0n) is 7.36. The summed E-state index contributed by atoms with van der Waals surface area (Å²) < 4.78 is 1.02. The van der Waals surface area contributed by atoms with Crippen molar-refractivity contribution in [3.05, 3.63) is 5.53 Å². The predicted octanol–water partition coefficient (Wildman–Crippen LogP) is 1.34. The highest BCUT2D eigenvalue weighted by Gasteiger charge is 2.09. The van der Waals surface area contributed by atoms with Gasteiger partial charge in [-0.25, -0.2) is 0 Å². The van der Waals surface area contributed by atoms with Gasteiger partial charge < -0.3 is 10.2 Å². The SMILES string of the molecule is CC(C#N)C[N+](=[N-])CC(C)C#N. The summed E-state index contributed by atoms with van der Waals surface area (Å²) in [6.45, 7) is 4.03. The third kappa shape index (κ3) is 4.40. The maximum absolute atomic E-state index is 9.18. The third-order valence-corrected chi connectivity index (χ3v) is 1.41. The van der Waals surface area contributed by atoms with Gasteiger partial charge in [0, 0.05) is 0 Å². The van der Waals surface area contributed by atoms with Crippen LogP contribution in [0.4, 0.5) is 0 Å². The second kappa shape index (κ2) is 5.26. The van der Waals surface area contributed by atoms with Crippen molar-refractivity contribution < 1.29 is 4.70 Å². The summed E-state index contributed by atoms with van der Waals surface area (Å²) in [6, 6.07) is 4.01. The molecule has 0 bridgehead atoms. The average molecular weight is 164 g/mol. The molecular weight excluding hydrogens is 152 g/mol. The molecule has 0 aliphatic carbocycles. The summed E-state index contributed by atoms with van der Waals surface area (Å²) >= 11 is 0. The quantitative estimate of drug-likeness (QED) is 0.464. The minimum atomic E-state index is -0.208. The van der Waals surface area contributed by atoms with Crippen LogP contribution >= 0.6 is 0 Å². The number of hydrogen-bond acceptors (Lipinski definition) is 2. The van der Waals surface area contributed by atoms with E-state index in [1.54, 1.807) is 13.8 Å². The van der Waals surface area contributed by atoms with Crippen molar-refractivity contribution in [3.8, 4) is 12.1 Å². The highest BCUT2D eigenvalue weighted by atomic mass is 15.2. The molecule has 0 saturated carbocycles. The molecule has 0 aromatic rings. The molecule has 0 aromatic heterocycles. The van der Waals surface area contributed by atoms with E-state index in [1.807, 2.05) is 12.1 Å².